The van der Waals surface area contributed by atoms with Crippen LogP contribution in [0, 0.1) is 0 Å². The van der Waals surface area contributed by atoms with Gasteiger partial charge in [-0.1, -0.05) is 0 Å². The molecule has 0 aromatic rings. The van der Waals surface area contributed by atoms with E-state index in [0.717, 1.165) is 0 Å². The molecule has 21 heavy (non-hydrogen) atoms. The first kappa shape index (κ1) is 19.7. The summed E-state index contributed by atoms with van der Waals surface area (Å²) in [6, 6.07) is -2.88. The number of hydrogen-bond acceptors (Lipinski definition) is 7. The monoisotopic (exact) mass is 336 g/mol. The molecule has 10 heteroatoms. The number of amides is 3. The summed E-state index contributed by atoms with van der Waals surface area (Å²) in [5.41, 5.74) is 10.4. The van der Waals surface area contributed by atoms with Crippen molar-refractivity contribution in [3.05, 3.63) is 0 Å². The van der Waals surface area contributed by atoms with Gasteiger partial charge in [-0.25, -0.2) is 0 Å². The zero-order valence-corrected chi connectivity index (χ0v) is 13.3. The van der Waals surface area contributed by atoms with Crippen LogP contribution in [0.3, 0.4) is 0 Å². The van der Waals surface area contributed by atoms with Gasteiger partial charge in [0, 0.05) is 11.5 Å². The van der Waals surface area contributed by atoms with E-state index >= 15 is 0 Å². The van der Waals surface area contributed by atoms with E-state index in [-0.39, 0.29) is 23.7 Å². The van der Waals surface area contributed by atoms with Crippen molar-refractivity contribution >= 4 is 48.8 Å². The zero-order valence-electron chi connectivity index (χ0n) is 11.5. The fraction of sp³-hybridized carbons (Fsp3) is 0.636. The van der Waals surface area contributed by atoms with Crippen LogP contribution in [0.1, 0.15) is 13.3 Å². The lowest BCUT2D eigenvalue weighted by Gasteiger charge is -2.21. The third-order valence-corrected chi connectivity index (χ3v) is 3.29. The second kappa shape index (κ2) is 9.64. The van der Waals surface area contributed by atoms with Crippen LogP contribution in [0.2, 0.25) is 0 Å². The van der Waals surface area contributed by atoms with Crippen molar-refractivity contribution in [3.63, 3.8) is 0 Å². The van der Waals surface area contributed by atoms with E-state index < -0.39 is 35.8 Å². The predicted octanol–water partition coefficient (Wildman–Crippen LogP) is -2.39. The van der Waals surface area contributed by atoms with E-state index in [9.17, 15) is 19.2 Å². The Morgan fingerprint density at radius 3 is 1.86 bits per heavy atom. The van der Waals surface area contributed by atoms with Gasteiger partial charge in [0.2, 0.25) is 17.7 Å². The molecular formula is C11H20N4O4S2. The van der Waals surface area contributed by atoms with Crippen LogP contribution in [0.5, 0.6) is 0 Å². The molecule has 0 saturated heterocycles. The van der Waals surface area contributed by atoms with E-state index in [4.69, 9.17) is 11.5 Å². The van der Waals surface area contributed by atoms with E-state index in [1.165, 1.54) is 6.92 Å². The second-order valence-corrected chi connectivity index (χ2v) is 5.11. The van der Waals surface area contributed by atoms with Crippen molar-refractivity contribution in [1.29, 1.82) is 0 Å². The van der Waals surface area contributed by atoms with Crippen molar-refractivity contribution in [3.8, 4) is 0 Å². The van der Waals surface area contributed by atoms with Crippen molar-refractivity contribution in [1.82, 2.24) is 10.6 Å². The number of nitrogens with one attached hydrogen (secondary N) is 2. The lowest BCUT2D eigenvalue weighted by atomic mass is 10.1. The fourth-order valence-corrected chi connectivity index (χ4v) is 1.94. The van der Waals surface area contributed by atoms with Crippen molar-refractivity contribution < 1.29 is 19.2 Å². The zero-order chi connectivity index (χ0) is 16.6. The topological polar surface area (TPSA) is 144 Å². The van der Waals surface area contributed by atoms with E-state index in [1.807, 2.05) is 0 Å². The Kier molecular flexibility index (Phi) is 9.06. The molecular weight excluding hydrogens is 316 g/mol. The summed E-state index contributed by atoms with van der Waals surface area (Å²) in [5, 5.41) is 4.78. The van der Waals surface area contributed by atoms with Crippen LogP contribution >= 0.6 is 25.3 Å². The summed E-state index contributed by atoms with van der Waals surface area (Å²) >= 11 is 7.91. The average Bonchev–Trinajstić information content (AvgIpc) is 2.40. The smallest absolute Gasteiger partial charge is 0.244 e. The molecule has 0 rings (SSSR count). The number of rotatable bonds is 9. The van der Waals surface area contributed by atoms with Gasteiger partial charge in [-0.05, 0) is 6.92 Å². The number of hydrogen-bond donors (Lipinski definition) is 6. The number of ketones is 1. The largest absolute Gasteiger partial charge is 0.370 e. The summed E-state index contributed by atoms with van der Waals surface area (Å²) in [7, 11) is 0. The summed E-state index contributed by atoms with van der Waals surface area (Å²) in [6.45, 7) is 1.32. The van der Waals surface area contributed by atoms with Gasteiger partial charge >= 0.3 is 0 Å². The summed E-state index contributed by atoms with van der Waals surface area (Å²) in [5.74, 6) is -2.13. The molecule has 0 heterocycles. The number of Topliss-reactive ketones (excluding diaryl/α,β-unsaturated/α-hetero) is 1. The van der Waals surface area contributed by atoms with Gasteiger partial charge in [0.25, 0.3) is 0 Å². The summed E-state index contributed by atoms with van der Waals surface area (Å²) < 4.78 is 0. The van der Waals surface area contributed by atoms with Crippen LogP contribution < -0.4 is 22.1 Å². The molecule has 0 aromatic carbocycles. The van der Waals surface area contributed by atoms with Gasteiger partial charge in [-0.15, -0.1) is 0 Å². The Labute approximate surface area is 133 Å². The lowest BCUT2D eigenvalue weighted by Crippen LogP contribution is -2.55. The highest BCUT2D eigenvalue weighted by Crippen LogP contribution is 1.96. The normalized spacial score (nSPS) is 14.7. The SMILES string of the molecule is CC(=O)[C@@H](CS)NC(=O)[C@@H](CS)NC(=O)[C@H](N)CC(N)=O. The Morgan fingerprint density at radius 2 is 1.48 bits per heavy atom. The molecule has 120 valence electrons. The van der Waals surface area contributed by atoms with E-state index in [1.54, 1.807) is 0 Å². The molecule has 0 aliphatic heterocycles. The number of carbonyl (C=O) groups excluding carboxylic acids is 4. The molecule has 3 atom stereocenters. The molecule has 6 N–H and O–H groups in total. The van der Waals surface area contributed by atoms with Gasteiger partial charge in [-0.2, -0.15) is 25.3 Å². The predicted molar refractivity (Wildman–Crippen MR) is 84.0 cm³/mol. The van der Waals surface area contributed by atoms with Crippen molar-refractivity contribution in [2.45, 2.75) is 31.5 Å². The number of nitrogens with two attached hydrogens (primary N) is 2. The first-order valence-electron chi connectivity index (χ1n) is 6.09. The number of primary amides is 1. The first-order chi connectivity index (χ1) is 9.72. The van der Waals surface area contributed by atoms with Crippen LogP contribution in [-0.4, -0.2) is 53.1 Å². The minimum Gasteiger partial charge on any atom is -0.370 e. The minimum absolute atomic E-state index is 0.00192. The number of carbonyl (C=O) groups is 4. The van der Waals surface area contributed by atoms with Gasteiger partial charge in [0.05, 0.1) is 18.5 Å². The van der Waals surface area contributed by atoms with E-state index in [2.05, 4.69) is 35.9 Å². The summed E-state index contributed by atoms with van der Waals surface area (Å²) in [4.78, 5) is 45.6. The maximum Gasteiger partial charge on any atom is 0.244 e. The maximum absolute atomic E-state index is 11.9. The van der Waals surface area contributed by atoms with Gasteiger partial charge < -0.3 is 22.1 Å². The van der Waals surface area contributed by atoms with Gasteiger partial charge in [0.1, 0.15) is 6.04 Å². The third-order valence-electron chi connectivity index (χ3n) is 2.56. The van der Waals surface area contributed by atoms with Crippen LogP contribution in [0.25, 0.3) is 0 Å². The molecule has 0 spiro atoms. The average molecular weight is 336 g/mol. The molecule has 0 radical (unpaired) electrons. The molecule has 0 unspecified atom stereocenters. The second-order valence-electron chi connectivity index (χ2n) is 4.38. The Bertz CT molecular complexity index is 419. The van der Waals surface area contributed by atoms with Crippen LogP contribution in [0.15, 0.2) is 0 Å². The summed E-state index contributed by atoms with van der Waals surface area (Å²) in [6.07, 6.45) is -0.334. The van der Waals surface area contributed by atoms with Crippen molar-refractivity contribution in [2.75, 3.05) is 11.5 Å². The molecule has 0 saturated carbocycles. The van der Waals surface area contributed by atoms with Gasteiger partial charge in [0.15, 0.2) is 5.78 Å². The molecule has 0 fully saturated rings. The van der Waals surface area contributed by atoms with E-state index in [0.29, 0.717) is 0 Å². The number of thiol groups is 2. The van der Waals surface area contributed by atoms with Gasteiger partial charge in [-0.3, -0.25) is 19.2 Å². The van der Waals surface area contributed by atoms with Crippen molar-refractivity contribution in [2.24, 2.45) is 11.5 Å². The molecule has 0 aliphatic rings. The fourth-order valence-electron chi connectivity index (χ4n) is 1.33. The Morgan fingerprint density at radius 1 is 1.00 bits per heavy atom. The van der Waals surface area contributed by atoms with Crippen LogP contribution in [0.4, 0.5) is 0 Å². The molecule has 0 aliphatic carbocycles. The molecule has 0 bridgehead atoms. The maximum atomic E-state index is 11.9. The lowest BCUT2D eigenvalue weighted by molar-refractivity contribution is -0.131. The third kappa shape index (κ3) is 7.34. The Balaban J connectivity index is 4.63. The first-order valence-corrected chi connectivity index (χ1v) is 7.36. The molecule has 3 amide bonds. The highest BCUT2D eigenvalue weighted by Gasteiger charge is 2.25. The minimum atomic E-state index is -1.15. The molecule has 8 nitrogen and oxygen atoms in total. The highest BCUT2D eigenvalue weighted by atomic mass is 32.1. The highest BCUT2D eigenvalue weighted by molar-refractivity contribution is 7.80. The standard InChI is InChI=1S/C11H20N4O4S2/c1-5(16)7(3-20)14-11(19)8(4-21)15-10(18)6(12)2-9(13)17/h6-8,20-21H,2-4,12H2,1H3,(H2,13,17)(H,14,19)(H,15,18)/t6-,7-,8-/m1/s1. The Hall–Kier alpha value is -1.26. The molecule has 0 aromatic heterocycles. The quantitative estimate of drug-likeness (QED) is 0.260. The van der Waals surface area contributed by atoms with Crippen LogP contribution in [-0.2, 0) is 19.2 Å².